The average molecular weight is 510 g/mol. The van der Waals surface area contributed by atoms with E-state index in [1.54, 1.807) is 25.9 Å². The number of rotatable bonds is 5. The smallest absolute Gasteiger partial charge is 0.321 e. The second-order valence-electron chi connectivity index (χ2n) is 8.73. The molecule has 3 aromatic carbocycles. The Labute approximate surface area is 217 Å². The number of carbonyl (C=O) groups is 3. The molecule has 0 saturated heterocycles. The Bertz CT molecular complexity index is 1280. The van der Waals surface area contributed by atoms with Crippen molar-refractivity contribution in [3.63, 3.8) is 0 Å². The predicted octanol–water partition coefficient (Wildman–Crippen LogP) is 3.36. The molecule has 0 aliphatic carbocycles. The number of fused-ring (bicyclic) bond motifs is 2. The van der Waals surface area contributed by atoms with Crippen molar-refractivity contribution < 1.29 is 14.4 Å². The van der Waals surface area contributed by atoms with Gasteiger partial charge in [-0.15, -0.1) is 12.4 Å². The Kier molecular flexibility index (Phi) is 8.55. The normalized spacial score (nSPS) is 16.0. The molecule has 1 heterocycles. The first-order valence-corrected chi connectivity index (χ1v) is 11.7. The molecule has 0 bridgehead atoms. The zero-order valence-electron chi connectivity index (χ0n) is 20.9. The Morgan fingerprint density at radius 1 is 1.00 bits per heavy atom. The number of hydrogen-bond acceptors (Lipinski definition) is 4. The van der Waals surface area contributed by atoms with Crippen molar-refractivity contribution >= 4 is 52.4 Å². The first-order chi connectivity index (χ1) is 16.8. The van der Waals surface area contributed by atoms with Crippen molar-refractivity contribution in [3.05, 3.63) is 71.8 Å². The van der Waals surface area contributed by atoms with E-state index in [-0.39, 0.29) is 36.8 Å². The van der Waals surface area contributed by atoms with Gasteiger partial charge in [0.05, 0.1) is 30.5 Å². The Morgan fingerprint density at radius 2 is 1.67 bits per heavy atom. The number of likely N-dealkylation sites (N-methyl/N-ethyl adjacent to an activating group) is 1. The van der Waals surface area contributed by atoms with Crippen molar-refractivity contribution in [1.82, 2.24) is 16.0 Å². The third kappa shape index (κ3) is 5.15. The quantitative estimate of drug-likeness (QED) is 0.491. The number of urea groups is 1. The van der Waals surface area contributed by atoms with Crippen LogP contribution in [0.15, 0.2) is 60.7 Å². The van der Waals surface area contributed by atoms with E-state index in [2.05, 4.69) is 34.1 Å². The minimum absolute atomic E-state index is 0. The van der Waals surface area contributed by atoms with E-state index in [1.807, 2.05) is 49.4 Å². The molecule has 190 valence electrons. The van der Waals surface area contributed by atoms with Crippen molar-refractivity contribution in [2.45, 2.75) is 32.5 Å². The molecule has 36 heavy (non-hydrogen) atoms. The van der Waals surface area contributed by atoms with Crippen molar-refractivity contribution in [1.29, 1.82) is 0 Å². The summed E-state index contributed by atoms with van der Waals surface area (Å²) in [6.07, 6.45) is 0. The molecule has 3 aromatic rings. The number of hydrogen-bond donors (Lipinski definition) is 3. The van der Waals surface area contributed by atoms with E-state index in [0.717, 1.165) is 21.9 Å². The summed E-state index contributed by atoms with van der Waals surface area (Å²) in [6.45, 7) is 4.07. The highest BCUT2D eigenvalue weighted by atomic mass is 35.5. The Hall–Kier alpha value is -3.62. The number of anilines is 2. The van der Waals surface area contributed by atoms with Gasteiger partial charge in [0.2, 0.25) is 5.91 Å². The van der Waals surface area contributed by atoms with Crippen LogP contribution in [0.1, 0.15) is 18.1 Å². The predicted molar refractivity (Wildman–Crippen MR) is 146 cm³/mol. The van der Waals surface area contributed by atoms with E-state index in [1.165, 1.54) is 4.90 Å². The number of aryl methyl sites for hydroxylation is 1. The van der Waals surface area contributed by atoms with Crippen LogP contribution in [0.25, 0.3) is 10.8 Å². The summed E-state index contributed by atoms with van der Waals surface area (Å²) in [7, 11) is 3.23. The van der Waals surface area contributed by atoms with E-state index >= 15 is 0 Å². The number of nitrogens with one attached hydrogen (secondary N) is 3. The number of halogens is 1. The summed E-state index contributed by atoms with van der Waals surface area (Å²) >= 11 is 0. The van der Waals surface area contributed by atoms with Crippen LogP contribution in [0, 0.1) is 6.92 Å². The Balaban J connectivity index is 0.00000361. The van der Waals surface area contributed by atoms with Gasteiger partial charge in [-0.1, -0.05) is 48.5 Å². The molecule has 0 fully saturated rings. The van der Waals surface area contributed by atoms with Crippen LogP contribution in [-0.4, -0.2) is 50.6 Å². The SMILES string of the molecule is CNC(=O)N1CC(NC(=O)C(C)NC)C(=O)N(Cc2c(C)ccc3ccccc23)c2ccccc21.Cl. The molecule has 2 atom stereocenters. The van der Waals surface area contributed by atoms with Crippen LogP contribution in [0.3, 0.4) is 0 Å². The third-order valence-electron chi connectivity index (χ3n) is 6.59. The van der Waals surface area contributed by atoms with Gasteiger partial charge in [-0.25, -0.2) is 4.79 Å². The zero-order chi connectivity index (χ0) is 25.1. The average Bonchev–Trinajstić information content (AvgIpc) is 2.99. The fourth-order valence-corrected chi connectivity index (χ4v) is 4.43. The highest BCUT2D eigenvalue weighted by Gasteiger charge is 2.37. The zero-order valence-corrected chi connectivity index (χ0v) is 21.7. The highest BCUT2D eigenvalue weighted by Crippen LogP contribution is 2.35. The lowest BCUT2D eigenvalue weighted by atomic mass is 9.99. The molecular weight excluding hydrogens is 478 g/mol. The van der Waals surface area contributed by atoms with Crippen molar-refractivity contribution in [2.75, 3.05) is 30.4 Å². The van der Waals surface area contributed by atoms with Gasteiger partial charge in [0.15, 0.2) is 0 Å². The monoisotopic (exact) mass is 509 g/mol. The molecule has 0 saturated carbocycles. The second kappa shape index (κ2) is 11.4. The van der Waals surface area contributed by atoms with Gasteiger partial charge in [0.25, 0.3) is 5.91 Å². The van der Waals surface area contributed by atoms with Gasteiger partial charge in [-0.05, 0) is 54.9 Å². The number of amides is 4. The third-order valence-corrected chi connectivity index (χ3v) is 6.59. The van der Waals surface area contributed by atoms with E-state index < -0.39 is 12.1 Å². The Morgan fingerprint density at radius 3 is 2.36 bits per heavy atom. The number of nitrogens with zero attached hydrogens (tertiary/aromatic N) is 2. The standard InChI is InChI=1S/C27H31N5O3.ClH/c1-17-13-14-19-9-5-6-10-20(19)21(17)15-31-23-11-7-8-12-24(23)32(27(35)29-4)16-22(26(31)34)30-25(33)18(2)28-3;/h5-14,18,22,28H,15-16H2,1-4H3,(H,29,35)(H,30,33);1H. The molecule has 4 rings (SSSR count). The summed E-state index contributed by atoms with van der Waals surface area (Å²) in [4.78, 5) is 42.8. The molecule has 0 aromatic heterocycles. The molecule has 9 heteroatoms. The second-order valence-corrected chi connectivity index (χ2v) is 8.73. The van der Waals surface area contributed by atoms with Crippen molar-refractivity contribution in [2.24, 2.45) is 0 Å². The fourth-order valence-electron chi connectivity index (χ4n) is 4.43. The number of benzene rings is 3. The van der Waals surface area contributed by atoms with Crippen LogP contribution in [0.4, 0.5) is 16.2 Å². The molecule has 2 unspecified atom stereocenters. The minimum atomic E-state index is -0.918. The van der Waals surface area contributed by atoms with Crippen molar-refractivity contribution in [3.8, 4) is 0 Å². The molecule has 1 aliphatic heterocycles. The summed E-state index contributed by atoms with van der Waals surface area (Å²) in [5.74, 6) is -0.581. The van der Waals surface area contributed by atoms with Crippen LogP contribution in [-0.2, 0) is 16.1 Å². The lowest BCUT2D eigenvalue weighted by Gasteiger charge is -2.27. The largest absolute Gasteiger partial charge is 0.341 e. The molecule has 3 N–H and O–H groups in total. The first kappa shape index (κ1) is 27.0. The summed E-state index contributed by atoms with van der Waals surface area (Å²) in [5, 5.41) is 10.6. The van der Waals surface area contributed by atoms with Gasteiger partial charge in [0.1, 0.15) is 6.04 Å². The highest BCUT2D eigenvalue weighted by molar-refractivity contribution is 6.08. The maximum atomic E-state index is 14.0. The molecule has 1 aliphatic rings. The maximum Gasteiger partial charge on any atom is 0.321 e. The van der Waals surface area contributed by atoms with Gasteiger partial charge >= 0.3 is 6.03 Å². The molecule has 8 nitrogen and oxygen atoms in total. The lowest BCUT2D eigenvalue weighted by molar-refractivity contribution is -0.128. The van der Waals surface area contributed by atoms with E-state index in [0.29, 0.717) is 17.9 Å². The lowest BCUT2D eigenvalue weighted by Crippen LogP contribution is -2.56. The fraction of sp³-hybridized carbons (Fsp3) is 0.296. The van der Waals surface area contributed by atoms with Gasteiger partial charge in [-0.3, -0.25) is 14.5 Å². The number of carbonyl (C=O) groups excluding carboxylic acids is 3. The molecule has 4 amide bonds. The summed E-state index contributed by atoms with van der Waals surface area (Å²) < 4.78 is 0. The molecule has 0 spiro atoms. The van der Waals surface area contributed by atoms with Gasteiger partial charge in [-0.2, -0.15) is 0 Å². The van der Waals surface area contributed by atoms with E-state index in [4.69, 9.17) is 0 Å². The van der Waals surface area contributed by atoms with Crippen LogP contribution in [0.2, 0.25) is 0 Å². The molecule has 0 radical (unpaired) electrons. The number of para-hydroxylation sites is 2. The van der Waals surface area contributed by atoms with Crippen LogP contribution in [0.5, 0.6) is 0 Å². The summed E-state index contributed by atoms with van der Waals surface area (Å²) in [6, 6.07) is 17.8. The van der Waals surface area contributed by atoms with Crippen LogP contribution >= 0.6 is 12.4 Å². The van der Waals surface area contributed by atoms with Crippen LogP contribution < -0.4 is 25.8 Å². The van der Waals surface area contributed by atoms with E-state index in [9.17, 15) is 14.4 Å². The minimum Gasteiger partial charge on any atom is -0.341 e. The first-order valence-electron chi connectivity index (χ1n) is 11.7. The maximum absolute atomic E-state index is 14.0. The topological polar surface area (TPSA) is 93.8 Å². The van der Waals surface area contributed by atoms with Gasteiger partial charge < -0.3 is 20.9 Å². The van der Waals surface area contributed by atoms with Gasteiger partial charge in [0, 0.05) is 7.05 Å². The molecular formula is C27H32ClN5O3. The summed E-state index contributed by atoms with van der Waals surface area (Å²) in [5.41, 5.74) is 3.31.